The molecule has 0 aromatic heterocycles. The minimum Gasteiger partial charge on any atom is -0.367 e. The summed E-state index contributed by atoms with van der Waals surface area (Å²) in [5.41, 5.74) is 2.78. The Morgan fingerprint density at radius 2 is 2.10 bits per heavy atom. The maximum atomic E-state index is 3.82. The van der Waals surface area contributed by atoms with E-state index in [0.717, 1.165) is 25.0 Å². The van der Waals surface area contributed by atoms with Crippen LogP contribution in [0.25, 0.3) is 0 Å². The molecule has 1 aliphatic heterocycles. The Hall–Kier alpha value is -0.540. The zero-order valence-electron chi connectivity index (χ0n) is 13.1. The zero-order valence-corrected chi connectivity index (χ0v) is 14.7. The van der Waals surface area contributed by atoms with Gasteiger partial charge in [0.2, 0.25) is 0 Å². The van der Waals surface area contributed by atoms with Crippen molar-refractivity contribution in [1.29, 1.82) is 0 Å². The van der Waals surface area contributed by atoms with Crippen LogP contribution in [0.1, 0.15) is 51.0 Å². The molecule has 3 heteroatoms. The molecule has 0 amide bonds. The second-order valence-electron chi connectivity index (χ2n) is 6.56. The molecule has 116 valence electrons. The van der Waals surface area contributed by atoms with Gasteiger partial charge in [0.15, 0.2) is 0 Å². The molecule has 2 nitrogen and oxygen atoms in total. The maximum absolute atomic E-state index is 3.82. The second-order valence-corrected chi connectivity index (χ2v) is 7.41. The third-order valence-electron chi connectivity index (χ3n) is 5.07. The van der Waals surface area contributed by atoms with Gasteiger partial charge < -0.3 is 10.2 Å². The van der Waals surface area contributed by atoms with E-state index in [4.69, 9.17) is 0 Å². The lowest BCUT2D eigenvalue weighted by atomic mass is 9.91. The summed E-state index contributed by atoms with van der Waals surface area (Å²) in [6, 6.07) is 7.71. The van der Waals surface area contributed by atoms with Crippen LogP contribution >= 0.6 is 15.9 Å². The van der Waals surface area contributed by atoms with Gasteiger partial charge in [-0.15, -0.1) is 0 Å². The Kier molecular flexibility index (Phi) is 5.23. The quantitative estimate of drug-likeness (QED) is 0.773. The highest BCUT2D eigenvalue weighted by molar-refractivity contribution is 9.10. The number of nitrogens with zero attached hydrogens (tertiary/aromatic N) is 1. The number of hydrogen-bond acceptors (Lipinski definition) is 2. The lowest BCUT2D eigenvalue weighted by Crippen LogP contribution is -2.42. The van der Waals surface area contributed by atoms with Crippen LogP contribution in [0.5, 0.6) is 0 Å². The fourth-order valence-corrected chi connectivity index (χ4v) is 4.71. The summed E-state index contributed by atoms with van der Waals surface area (Å²) in [6.45, 7) is 5.50. The van der Waals surface area contributed by atoms with Gasteiger partial charge in [0.1, 0.15) is 0 Å². The summed E-state index contributed by atoms with van der Waals surface area (Å²) in [4.78, 5) is 2.68. The van der Waals surface area contributed by atoms with Crippen LogP contribution in [0.3, 0.4) is 0 Å². The van der Waals surface area contributed by atoms with E-state index in [2.05, 4.69) is 51.3 Å². The fourth-order valence-electron chi connectivity index (χ4n) is 4.06. The minimum absolute atomic E-state index is 0.791. The Morgan fingerprint density at radius 3 is 2.90 bits per heavy atom. The van der Waals surface area contributed by atoms with Gasteiger partial charge in [-0.2, -0.15) is 0 Å². The first kappa shape index (κ1) is 15.4. The molecule has 2 fully saturated rings. The van der Waals surface area contributed by atoms with E-state index in [1.165, 1.54) is 60.8 Å². The van der Waals surface area contributed by atoms with Gasteiger partial charge in [-0.25, -0.2) is 0 Å². The van der Waals surface area contributed by atoms with Crippen molar-refractivity contribution in [2.45, 2.75) is 58.0 Å². The SMILES string of the molecule is CCCNCc1ccc(N2CCCC3CCCC32)c(Br)c1. The van der Waals surface area contributed by atoms with Crippen molar-refractivity contribution in [1.82, 2.24) is 5.32 Å². The first-order chi connectivity index (χ1) is 10.3. The summed E-state index contributed by atoms with van der Waals surface area (Å²) in [5, 5.41) is 3.48. The highest BCUT2D eigenvalue weighted by Gasteiger charge is 2.35. The molecule has 1 N–H and O–H groups in total. The van der Waals surface area contributed by atoms with Crippen LogP contribution < -0.4 is 10.2 Å². The second kappa shape index (κ2) is 7.15. The van der Waals surface area contributed by atoms with Crippen LogP contribution in [0, 0.1) is 5.92 Å². The summed E-state index contributed by atoms with van der Waals surface area (Å²) in [6.07, 6.45) is 8.23. The monoisotopic (exact) mass is 350 g/mol. The van der Waals surface area contributed by atoms with Crippen molar-refractivity contribution < 1.29 is 0 Å². The van der Waals surface area contributed by atoms with E-state index in [-0.39, 0.29) is 0 Å². The third-order valence-corrected chi connectivity index (χ3v) is 5.71. The maximum Gasteiger partial charge on any atom is 0.0513 e. The molecule has 2 atom stereocenters. The molecule has 2 unspecified atom stereocenters. The smallest absolute Gasteiger partial charge is 0.0513 e. The van der Waals surface area contributed by atoms with Crippen molar-refractivity contribution >= 4 is 21.6 Å². The lowest BCUT2D eigenvalue weighted by molar-refractivity contribution is 0.362. The highest BCUT2D eigenvalue weighted by atomic mass is 79.9. The van der Waals surface area contributed by atoms with Crippen molar-refractivity contribution in [2.75, 3.05) is 18.0 Å². The van der Waals surface area contributed by atoms with Crippen molar-refractivity contribution in [3.05, 3.63) is 28.2 Å². The van der Waals surface area contributed by atoms with Gasteiger partial charge >= 0.3 is 0 Å². The number of halogens is 1. The summed E-state index contributed by atoms with van der Waals surface area (Å²) < 4.78 is 1.27. The number of benzene rings is 1. The van der Waals surface area contributed by atoms with Crippen LogP contribution in [0.4, 0.5) is 5.69 Å². The van der Waals surface area contributed by atoms with Crippen LogP contribution in [-0.2, 0) is 6.54 Å². The zero-order chi connectivity index (χ0) is 14.7. The number of rotatable bonds is 5. The number of nitrogens with one attached hydrogen (secondary N) is 1. The van der Waals surface area contributed by atoms with E-state index >= 15 is 0 Å². The van der Waals surface area contributed by atoms with E-state index in [0.29, 0.717) is 0 Å². The molecule has 1 heterocycles. The van der Waals surface area contributed by atoms with Crippen molar-refractivity contribution in [2.24, 2.45) is 5.92 Å². The number of piperidine rings is 1. The van der Waals surface area contributed by atoms with Crippen molar-refractivity contribution in [3.8, 4) is 0 Å². The highest BCUT2D eigenvalue weighted by Crippen LogP contribution is 2.41. The van der Waals surface area contributed by atoms with Gasteiger partial charge in [0.25, 0.3) is 0 Å². The van der Waals surface area contributed by atoms with Gasteiger partial charge in [-0.1, -0.05) is 19.4 Å². The Bertz CT molecular complexity index is 474. The fraction of sp³-hybridized carbons (Fsp3) is 0.667. The predicted octanol–water partition coefficient (Wildman–Crippen LogP) is 4.72. The Balaban J connectivity index is 1.72. The minimum atomic E-state index is 0.791. The number of hydrogen-bond donors (Lipinski definition) is 1. The normalized spacial score (nSPS) is 25.1. The van der Waals surface area contributed by atoms with E-state index in [1.807, 2.05) is 0 Å². The van der Waals surface area contributed by atoms with E-state index in [9.17, 15) is 0 Å². The van der Waals surface area contributed by atoms with Crippen LogP contribution in [-0.4, -0.2) is 19.1 Å². The molecule has 0 radical (unpaired) electrons. The number of anilines is 1. The molecule has 2 aliphatic rings. The largest absolute Gasteiger partial charge is 0.367 e. The standard InChI is InChI=1S/C18H27BrN2/c1-2-10-20-13-14-8-9-18(16(19)12-14)21-11-4-6-15-5-3-7-17(15)21/h8-9,12,15,17,20H,2-7,10-11,13H2,1H3. The molecule has 1 saturated carbocycles. The molecule has 0 bridgehead atoms. The average Bonchev–Trinajstić information content (AvgIpc) is 2.96. The molecule has 1 aromatic carbocycles. The first-order valence-corrected chi connectivity index (χ1v) is 9.34. The molecule has 1 saturated heterocycles. The van der Waals surface area contributed by atoms with E-state index < -0.39 is 0 Å². The molecule has 0 spiro atoms. The first-order valence-electron chi connectivity index (χ1n) is 8.55. The predicted molar refractivity (Wildman–Crippen MR) is 93.8 cm³/mol. The average molecular weight is 351 g/mol. The lowest BCUT2D eigenvalue weighted by Gasteiger charge is -2.40. The molecular formula is C18H27BrN2. The van der Waals surface area contributed by atoms with E-state index in [1.54, 1.807) is 0 Å². The summed E-state index contributed by atoms with van der Waals surface area (Å²) in [5.74, 6) is 0.941. The molecule has 1 aromatic rings. The molecular weight excluding hydrogens is 324 g/mol. The summed E-state index contributed by atoms with van der Waals surface area (Å²) >= 11 is 3.82. The van der Waals surface area contributed by atoms with Gasteiger partial charge in [0.05, 0.1) is 5.69 Å². The Labute approximate surface area is 137 Å². The summed E-state index contributed by atoms with van der Waals surface area (Å²) in [7, 11) is 0. The van der Waals surface area contributed by atoms with Crippen molar-refractivity contribution in [3.63, 3.8) is 0 Å². The van der Waals surface area contributed by atoms with Gasteiger partial charge in [-0.05, 0) is 78.2 Å². The van der Waals surface area contributed by atoms with Crippen LogP contribution in [0.2, 0.25) is 0 Å². The number of fused-ring (bicyclic) bond motifs is 1. The molecule has 21 heavy (non-hydrogen) atoms. The van der Waals surface area contributed by atoms with Crippen LogP contribution in [0.15, 0.2) is 22.7 Å². The third kappa shape index (κ3) is 3.45. The Morgan fingerprint density at radius 1 is 1.24 bits per heavy atom. The van der Waals surface area contributed by atoms with Gasteiger partial charge in [0, 0.05) is 23.6 Å². The van der Waals surface area contributed by atoms with Gasteiger partial charge in [-0.3, -0.25) is 0 Å². The molecule has 1 aliphatic carbocycles. The topological polar surface area (TPSA) is 15.3 Å². The molecule has 3 rings (SSSR count).